The Balaban J connectivity index is 1.31. The van der Waals surface area contributed by atoms with Crippen molar-refractivity contribution in [2.45, 2.75) is 96.8 Å². The molecule has 43 heavy (non-hydrogen) atoms. The van der Waals surface area contributed by atoms with Crippen molar-refractivity contribution < 1.29 is 19.1 Å². The van der Waals surface area contributed by atoms with E-state index in [1.807, 2.05) is 39.0 Å². The summed E-state index contributed by atoms with van der Waals surface area (Å²) in [5.41, 5.74) is 4.84. The Bertz CT molecular complexity index is 1450. The number of aromatic nitrogens is 3. The van der Waals surface area contributed by atoms with Gasteiger partial charge in [-0.1, -0.05) is 25.2 Å². The maximum Gasteiger partial charge on any atom is 0.410 e. The molecule has 0 aromatic carbocycles. The third-order valence-electron chi connectivity index (χ3n) is 8.28. The Labute approximate surface area is 255 Å². The molecular weight excluding hydrogens is 560 g/mol. The van der Waals surface area contributed by atoms with Crippen LogP contribution in [0.2, 0.25) is 25.7 Å². The van der Waals surface area contributed by atoms with Gasteiger partial charge in [-0.05, 0) is 76.6 Å². The van der Waals surface area contributed by atoms with E-state index in [2.05, 4.69) is 29.9 Å². The van der Waals surface area contributed by atoms with Crippen LogP contribution in [0.1, 0.15) is 86.5 Å². The van der Waals surface area contributed by atoms with Gasteiger partial charge in [0.15, 0.2) is 5.69 Å². The number of nitrogens with one attached hydrogen (secondary N) is 1. The molecule has 2 amide bonds. The number of pyridine rings is 1. The van der Waals surface area contributed by atoms with Gasteiger partial charge in [-0.15, -0.1) is 0 Å². The lowest BCUT2D eigenvalue weighted by atomic mass is 9.92. The number of nitrogens with zero attached hydrogens (tertiary/aromatic N) is 5. The van der Waals surface area contributed by atoms with E-state index in [-0.39, 0.29) is 30.3 Å². The molecule has 2 fully saturated rings. The number of piperidine rings is 1. The van der Waals surface area contributed by atoms with Gasteiger partial charge in [-0.2, -0.15) is 5.26 Å². The maximum absolute atomic E-state index is 13.5. The molecule has 0 unspecified atom stereocenters. The predicted octanol–water partition coefficient (Wildman–Crippen LogP) is 6.40. The van der Waals surface area contributed by atoms with Crippen LogP contribution in [0, 0.1) is 17.2 Å². The van der Waals surface area contributed by atoms with Crippen LogP contribution in [0.3, 0.4) is 0 Å². The van der Waals surface area contributed by atoms with Crippen LogP contribution in [-0.2, 0) is 16.2 Å². The molecule has 230 valence electrons. The first-order chi connectivity index (χ1) is 20.3. The van der Waals surface area contributed by atoms with E-state index in [4.69, 9.17) is 14.5 Å². The summed E-state index contributed by atoms with van der Waals surface area (Å²) in [6, 6.07) is 6.98. The number of fused-ring (bicyclic) bond motifs is 1. The Kier molecular flexibility index (Phi) is 8.81. The van der Waals surface area contributed by atoms with Crippen molar-refractivity contribution in [1.29, 1.82) is 5.26 Å². The lowest BCUT2D eigenvalue weighted by molar-refractivity contribution is 0.0204. The van der Waals surface area contributed by atoms with Crippen LogP contribution in [0.15, 0.2) is 23.9 Å². The monoisotopic (exact) mass is 604 g/mol. The summed E-state index contributed by atoms with van der Waals surface area (Å²) < 4.78 is 13.0. The number of hydrogen-bond donors (Lipinski definition) is 1. The number of hydrogen-bond acceptors (Lipinski definition) is 7. The Morgan fingerprint density at radius 2 is 1.88 bits per heavy atom. The lowest BCUT2D eigenvalue weighted by Crippen LogP contribution is -2.41. The standard InChI is InChI=1S/C32H44N6O4Si/c1-32(2,3)42-31(40)37-14-12-21(13-15-37)25-10-11-26(28(35-25)27-23-8-7-9-24(23)27)36-30(39)29-34-22(18-33)19-38(29)20-41-16-17-43(4,5)6/h10-11,19,21,23H,7-9,12-17,20H2,1-6H3,(H,36,39)/t23-/m1/s1. The van der Waals surface area contributed by atoms with E-state index in [1.54, 1.807) is 15.7 Å². The van der Waals surface area contributed by atoms with E-state index in [9.17, 15) is 14.9 Å². The smallest absolute Gasteiger partial charge is 0.410 e. The first-order valence-electron chi connectivity index (χ1n) is 15.4. The zero-order chi connectivity index (χ0) is 30.9. The normalized spacial score (nSPS) is 18.8. The van der Waals surface area contributed by atoms with Gasteiger partial charge in [0.25, 0.3) is 5.91 Å². The van der Waals surface area contributed by atoms with Crippen LogP contribution >= 0.6 is 0 Å². The average molecular weight is 605 g/mol. The second-order valence-corrected chi connectivity index (χ2v) is 19.7. The molecule has 3 heterocycles. The van der Waals surface area contributed by atoms with Gasteiger partial charge in [-0.25, -0.2) is 9.78 Å². The molecule has 2 aromatic heterocycles. The van der Waals surface area contributed by atoms with Gasteiger partial charge < -0.3 is 24.3 Å². The van der Waals surface area contributed by atoms with Gasteiger partial charge >= 0.3 is 6.09 Å². The molecule has 2 aliphatic carbocycles. The molecule has 1 aliphatic heterocycles. The summed E-state index contributed by atoms with van der Waals surface area (Å²) in [5, 5.41) is 12.5. The molecule has 1 N–H and O–H groups in total. The van der Waals surface area contributed by atoms with Gasteiger partial charge in [0.2, 0.25) is 5.82 Å². The van der Waals surface area contributed by atoms with E-state index in [1.165, 1.54) is 17.6 Å². The Morgan fingerprint density at radius 1 is 1.14 bits per heavy atom. The van der Waals surface area contributed by atoms with Crippen molar-refractivity contribution in [3.05, 3.63) is 46.8 Å². The number of likely N-dealkylation sites (tertiary alicyclic amines) is 1. The minimum atomic E-state index is -1.26. The first kappa shape index (κ1) is 30.9. The zero-order valence-corrected chi connectivity index (χ0v) is 27.3. The second kappa shape index (κ2) is 12.2. The molecule has 10 nitrogen and oxygen atoms in total. The average Bonchev–Trinajstić information content (AvgIpc) is 3.25. The summed E-state index contributed by atoms with van der Waals surface area (Å²) in [7, 11) is -1.26. The molecule has 11 heteroatoms. The molecule has 1 atom stereocenters. The highest BCUT2D eigenvalue weighted by atomic mass is 28.3. The van der Waals surface area contributed by atoms with E-state index < -0.39 is 19.6 Å². The number of nitriles is 1. The van der Waals surface area contributed by atoms with Gasteiger partial charge in [0.05, 0.1) is 11.4 Å². The molecular formula is C32H44N6O4Si. The van der Waals surface area contributed by atoms with Gasteiger partial charge in [0.1, 0.15) is 18.4 Å². The first-order valence-corrected chi connectivity index (χ1v) is 19.1. The summed E-state index contributed by atoms with van der Waals surface area (Å²) >= 11 is 0. The minimum absolute atomic E-state index is 0.141. The quantitative estimate of drug-likeness (QED) is 0.260. The number of amides is 2. The fourth-order valence-electron chi connectivity index (χ4n) is 5.92. The number of allylic oxidation sites excluding steroid dienone is 2. The highest BCUT2D eigenvalue weighted by Crippen LogP contribution is 2.57. The van der Waals surface area contributed by atoms with Crippen LogP contribution in [0.4, 0.5) is 10.5 Å². The molecule has 0 radical (unpaired) electrons. The van der Waals surface area contributed by atoms with Gasteiger partial charge in [-0.3, -0.25) is 9.78 Å². The Hall–Kier alpha value is -3.49. The van der Waals surface area contributed by atoms with Crippen molar-refractivity contribution in [1.82, 2.24) is 19.4 Å². The van der Waals surface area contributed by atoms with Crippen LogP contribution < -0.4 is 5.32 Å². The lowest BCUT2D eigenvalue weighted by Gasteiger charge is -2.33. The molecule has 1 saturated heterocycles. The third kappa shape index (κ3) is 7.54. The number of imidazole rings is 1. The number of carbonyl (C=O) groups excluding carboxylic acids is 2. The van der Waals surface area contributed by atoms with E-state index in [0.717, 1.165) is 43.1 Å². The van der Waals surface area contributed by atoms with E-state index in [0.29, 0.717) is 31.3 Å². The van der Waals surface area contributed by atoms with Crippen molar-refractivity contribution in [3.8, 4) is 6.07 Å². The minimum Gasteiger partial charge on any atom is -0.444 e. The predicted molar refractivity (Wildman–Crippen MR) is 167 cm³/mol. The van der Waals surface area contributed by atoms with Crippen molar-refractivity contribution in [3.63, 3.8) is 0 Å². The molecule has 0 spiro atoms. The van der Waals surface area contributed by atoms with Crippen LogP contribution in [0.25, 0.3) is 5.57 Å². The van der Waals surface area contributed by atoms with Crippen LogP contribution in [0.5, 0.6) is 0 Å². The largest absolute Gasteiger partial charge is 0.444 e. The number of carbonyl (C=O) groups is 2. The summed E-state index contributed by atoms with van der Waals surface area (Å²) in [6.07, 6.45) is 6.30. The molecule has 2 aromatic rings. The van der Waals surface area contributed by atoms with Crippen molar-refractivity contribution in [2.75, 3.05) is 25.0 Å². The van der Waals surface area contributed by atoms with E-state index >= 15 is 0 Å². The highest BCUT2D eigenvalue weighted by molar-refractivity contribution is 6.76. The number of rotatable bonds is 9. The zero-order valence-electron chi connectivity index (χ0n) is 26.3. The van der Waals surface area contributed by atoms with Crippen LogP contribution in [-0.4, -0.2) is 64.8 Å². The number of anilines is 1. The van der Waals surface area contributed by atoms with Crippen molar-refractivity contribution in [2.24, 2.45) is 5.92 Å². The topological polar surface area (TPSA) is 122 Å². The summed E-state index contributed by atoms with van der Waals surface area (Å²) in [4.78, 5) is 37.3. The van der Waals surface area contributed by atoms with Gasteiger partial charge in [0, 0.05) is 51.5 Å². The third-order valence-corrected chi connectivity index (χ3v) is 9.98. The Morgan fingerprint density at radius 3 is 2.51 bits per heavy atom. The molecule has 3 aliphatic rings. The summed E-state index contributed by atoms with van der Waals surface area (Å²) in [5.74, 6) is 0.423. The highest BCUT2D eigenvalue weighted by Gasteiger charge is 2.43. The second-order valence-electron chi connectivity index (χ2n) is 14.1. The SMILES string of the molecule is CC(C)(C)OC(=O)N1CCC(c2ccc(NC(=O)c3nc(C#N)cn3COCC[Si](C)(C)C)c(C3=C4CCC[C@H]43)n2)CC1. The maximum atomic E-state index is 13.5. The fraction of sp³-hybridized carbons (Fsp3) is 0.594. The number of ether oxygens (including phenoxy) is 2. The fourth-order valence-corrected chi connectivity index (χ4v) is 6.68. The molecule has 5 rings (SSSR count). The van der Waals surface area contributed by atoms with Crippen molar-refractivity contribution >= 4 is 31.3 Å². The molecule has 0 bridgehead atoms. The summed E-state index contributed by atoms with van der Waals surface area (Å²) in [6.45, 7) is 14.5. The molecule has 1 saturated carbocycles.